The maximum Gasteiger partial charge on any atom is 0.488 e. The summed E-state index contributed by atoms with van der Waals surface area (Å²) in [5, 5.41) is 17.2. The van der Waals surface area contributed by atoms with Gasteiger partial charge in [-0.1, -0.05) is 24.3 Å². The van der Waals surface area contributed by atoms with Gasteiger partial charge in [-0.2, -0.15) is 13.2 Å². The summed E-state index contributed by atoms with van der Waals surface area (Å²) in [5.74, 6) is 0. The summed E-state index contributed by atoms with van der Waals surface area (Å²) in [6.07, 6.45) is -4.45. The highest BCUT2D eigenvalue weighted by Gasteiger charge is 2.30. The fourth-order valence-corrected chi connectivity index (χ4v) is 0.940. The Balaban J connectivity index is 0.000000459. The summed E-state index contributed by atoms with van der Waals surface area (Å²) < 4.78 is 45.3. The third kappa shape index (κ3) is 7.17. The predicted octanol–water partition coefficient (Wildman–Crippen LogP) is 1.01. The van der Waals surface area contributed by atoms with Crippen LogP contribution in [0.15, 0.2) is 24.3 Å². The fraction of sp³-hybridized carbons (Fsp3) is 0.455. The van der Waals surface area contributed by atoms with Crippen LogP contribution in [0.25, 0.3) is 0 Å². The van der Waals surface area contributed by atoms with Crippen molar-refractivity contribution in [3.8, 4) is 0 Å². The van der Waals surface area contributed by atoms with Crippen molar-refractivity contribution >= 4 is 12.6 Å². The molecule has 0 heterocycles. The van der Waals surface area contributed by atoms with Gasteiger partial charge in [0.25, 0.3) is 0 Å². The molecule has 0 aliphatic carbocycles. The molecule has 0 radical (unpaired) electrons. The summed E-state index contributed by atoms with van der Waals surface area (Å²) in [7, 11) is 1.48. The summed E-state index contributed by atoms with van der Waals surface area (Å²) >= 11 is 0. The minimum Gasteiger partial charge on any atom is -0.423 e. The highest BCUT2D eigenvalue weighted by atomic mass is 19.4. The van der Waals surface area contributed by atoms with E-state index in [2.05, 4.69) is 9.47 Å². The average Bonchev–Trinajstić information content (AvgIpc) is 2.37. The van der Waals surface area contributed by atoms with Crippen LogP contribution in [0.2, 0.25) is 0 Å². The maximum absolute atomic E-state index is 12.0. The van der Waals surface area contributed by atoms with Gasteiger partial charge in [0.05, 0.1) is 5.56 Å². The lowest BCUT2D eigenvalue weighted by atomic mass is 9.80. The van der Waals surface area contributed by atoms with Crippen LogP contribution in [0.3, 0.4) is 0 Å². The van der Waals surface area contributed by atoms with Crippen LogP contribution in [0.4, 0.5) is 13.2 Å². The Hall–Kier alpha value is -1.09. The number of methoxy groups -OCH3 is 2. The monoisotopic (exact) mass is 280 g/mol. The molecule has 0 spiro atoms. The Morgan fingerprint density at radius 3 is 1.68 bits per heavy atom. The fourth-order valence-electron chi connectivity index (χ4n) is 0.940. The van der Waals surface area contributed by atoms with Crippen molar-refractivity contribution in [3.63, 3.8) is 0 Å². The Morgan fingerprint density at radius 2 is 1.47 bits per heavy atom. The molecule has 2 N–H and O–H groups in total. The van der Waals surface area contributed by atoms with E-state index < -0.39 is 18.9 Å². The summed E-state index contributed by atoms with van der Waals surface area (Å²) in [6, 6.07) is 3.64. The minimum atomic E-state index is -4.39. The zero-order chi connectivity index (χ0) is 15.1. The lowest BCUT2D eigenvalue weighted by Gasteiger charge is -2.06. The van der Waals surface area contributed by atoms with Gasteiger partial charge in [0, 0.05) is 14.2 Å². The van der Waals surface area contributed by atoms with E-state index in [1.165, 1.54) is 0 Å². The molecule has 0 unspecified atom stereocenters. The molecule has 1 aromatic rings. The van der Waals surface area contributed by atoms with Crippen LogP contribution in [-0.4, -0.2) is 37.7 Å². The van der Waals surface area contributed by atoms with Crippen LogP contribution in [-0.2, 0) is 15.7 Å². The molecule has 1 aromatic carbocycles. The molecule has 1 rings (SSSR count). The van der Waals surface area contributed by atoms with Gasteiger partial charge in [0.15, 0.2) is 6.29 Å². The molecule has 0 aliphatic heterocycles. The quantitative estimate of drug-likeness (QED) is 0.641. The molecule has 0 fully saturated rings. The molecule has 0 amide bonds. The van der Waals surface area contributed by atoms with Crippen molar-refractivity contribution in [3.05, 3.63) is 29.8 Å². The number of halogens is 3. The van der Waals surface area contributed by atoms with Crippen molar-refractivity contribution in [2.75, 3.05) is 14.2 Å². The number of benzene rings is 1. The second-order valence-electron chi connectivity index (χ2n) is 3.53. The number of hydrogen-bond acceptors (Lipinski definition) is 4. The van der Waals surface area contributed by atoms with Gasteiger partial charge in [-0.25, -0.2) is 0 Å². The minimum absolute atomic E-state index is 0.0352. The zero-order valence-corrected chi connectivity index (χ0v) is 10.8. The molecule has 0 atom stereocenters. The first-order valence-corrected chi connectivity index (χ1v) is 5.31. The SMILES string of the molecule is COC(C)OC.OB(O)c1ccc(C(F)(F)F)cc1. The molecular formula is C11H16BF3O4. The lowest BCUT2D eigenvalue weighted by Crippen LogP contribution is -2.29. The predicted molar refractivity (Wildman–Crippen MR) is 64.7 cm³/mol. The highest BCUT2D eigenvalue weighted by molar-refractivity contribution is 6.58. The molecule has 4 nitrogen and oxygen atoms in total. The number of hydrogen-bond donors (Lipinski definition) is 2. The van der Waals surface area contributed by atoms with Gasteiger partial charge in [0.2, 0.25) is 0 Å². The molecule has 0 aromatic heterocycles. The Bertz CT molecular complexity index is 350. The molecule has 8 heteroatoms. The largest absolute Gasteiger partial charge is 0.488 e. The summed E-state index contributed by atoms with van der Waals surface area (Å²) in [6.45, 7) is 1.83. The van der Waals surface area contributed by atoms with Crippen molar-refractivity contribution in [2.45, 2.75) is 19.4 Å². The third-order valence-electron chi connectivity index (χ3n) is 2.20. The first-order chi connectivity index (χ1) is 8.72. The molecule has 0 saturated heterocycles. The van der Waals surface area contributed by atoms with Gasteiger partial charge in [-0.05, 0) is 12.4 Å². The standard InChI is InChI=1S/C7H6BF3O2.C4H10O2/c9-7(10,11)5-1-3-6(4-2-5)8(12)13;1-4(5-2)6-3/h1-4,12-13H;4H,1-3H3. The van der Waals surface area contributed by atoms with Crippen molar-refractivity contribution in [2.24, 2.45) is 0 Å². The van der Waals surface area contributed by atoms with Gasteiger partial charge >= 0.3 is 13.3 Å². The lowest BCUT2D eigenvalue weighted by molar-refractivity contribution is -0.137. The van der Waals surface area contributed by atoms with Gasteiger partial charge in [0.1, 0.15) is 0 Å². The van der Waals surface area contributed by atoms with E-state index >= 15 is 0 Å². The van der Waals surface area contributed by atoms with E-state index in [4.69, 9.17) is 10.0 Å². The van der Waals surface area contributed by atoms with Crippen LogP contribution >= 0.6 is 0 Å². The highest BCUT2D eigenvalue weighted by Crippen LogP contribution is 2.28. The normalized spacial score (nSPS) is 11.0. The smallest absolute Gasteiger partial charge is 0.423 e. The second-order valence-corrected chi connectivity index (χ2v) is 3.53. The third-order valence-corrected chi connectivity index (χ3v) is 2.20. The Morgan fingerprint density at radius 1 is 1.05 bits per heavy atom. The van der Waals surface area contributed by atoms with Gasteiger partial charge in [-0.3, -0.25) is 0 Å². The van der Waals surface area contributed by atoms with E-state index in [-0.39, 0.29) is 11.8 Å². The Labute approximate surface area is 109 Å². The summed E-state index contributed by atoms with van der Waals surface area (Å²) in [4.78, 5) is 0. The molecule has 0 bridgehead atoms. The van der Waals surface area contributed by atoms with E-state index in [0.717, 1.165) is 24.3 Å². The second kappa shape index (κ2) is 8.16. The van der Waals surface area contributed by atoms with E-state index in [9.17, 15) is 13.2 Å². The molecule has 0 aliphatic rings. The molecule has 0 saturated carbocycles. The van der Waals surface area contributed by atoms with Gasteiger partial charge < -0.3 is 19.5 Å². The summed E-state index contributed by atoms with van der Waals surface area (Å²) in [5.41, 5.74) is -0.773. The molecule has 19 heavy (non-hydrogen) atoms. The average molecular weight is 280 g/mol. The number of ether oxygens (including phenoxy) is 2. The van der Waals surface area contributed by atoms with Crippen LogP contribution in [0, 0.1) is 0 Å². The van der Waals surface area contributed by atoms with Gasteiger partial charge in [-0.15, -0.1) is 0 Å². The number of alkyl halides is 3. The zero-order valence-electron chi connectivity index (χ0n) is 10.8. The first kappa shape index (κ1) is 17.9. The maximum atomic E-state index is 12.0. The first-order valence-electron chi connectivity index (χ1n) is 5.31. The van der Waals surface area contributed by atoms with Crippen LogP contribution in [0.1, 0.15) is 12.5 Å². The van der Waals surface area contributed by atoms with E-state index in [0.29, 0.717) is 0 Å². The van der Waals surface area contributed by atoms with E-state index in [1.807, 2.05) is 6.92 Å². The molecular weight excluding hydrogens is 264 g/mol. The van der Waals surface area contributed by atoms with Crippen LogP contribution < -0.4 is 5.46 Å². The van der Waals surface area contributed by atoms with Crippen molar-refractivity contribution in [1.29, 1.82) is 0 Å². The molecule has 108 valence electrons. The Kier molecular flexibility index (Phi) is 7.69. The van der Waals surface area contributed by atoms with Crippen molar-refractivity contribution < 1.29 is 32.7 Å². The van der Waals surface area contributed by atoms with Crippen LogP contribution in [0.5, 0.6) is 0 Å². The van der Waals surface area contributed by atoms with Crippen molar-refractivity contribution in [1.82, 2.24) is 0 Å². The number of rotatable bonds is 3. The topological polar surface area (TPSA) is 58.9 Å². The van der Waals surface area contributed by atoms with E-state index in [1.54, 1.807) is 14.2 Å².